The summed E-state index contributed by atoms with van der Waals surface area (Å²) in [6.07, 6.45) is 8.64. The van der Waals surface area contributed by atoms with Gasteiger partial charge in [-0.3, -0.25) is 0 Å². The molecule has 1 N–H and O–H groups in total. The van der Waals surface area contributed by atoms with Gasteiger partial charge in [-0.1, -0.05) is 44.2 Å². The average molecular weight is 330 g/mol. The minimum absolute atomic E-state index is 0.0609. The normalized spacial score (nSPS) is 20.1. The van der Waals surface area contributed by atoms with E-state index in [-0.39, 0.29) is 11.6 Å². The van der Waals surface area contributed by atoms with Crippen LogP contribution in [0.3, 0.4) is 0 Å². The third-order valence-electron chi connectivity index (χ3n) is 4.38. The first-order valence-electron chi connectivity index (χ1n) is 8.34. The van der Waals surface area contributed by atoms with Crippen molar-refractivity contribution in [2.24, 2.45) is 0 Å². The van der Waals surface area contributed by atoms with Gasteiger partial charge in [0.1, 0.15) is 0 Å². The second-order valence-electron chi connectivity index (χ2n) is 5.94. The Balaban J connectivity index is 2.28. The predicted octanol–water partition coefficient (Wildman–Crippen LogP) is 5.57. The zero-order valence-corrected chi connectivity index (χ0v) is 14.9. The Labute approximate surface area is 138 Å². The van der Waals surface area contributed by atoms with Gasteiger partial charge < -0.3 is 10.1 Å². The van der Waals surface area contributed by atoms with Crippen molar-refractivity contribution in [2.45, 2.75) is 70.4 Å². The molecule has 1 aromatic rings. The number of hydrogen-bond donors (Lipinski definition) is 1. The molecule has 1 aliphatic carbocycles. The van der Waals surface area contributed by atoms with E-state index in [9.17, 15) is 0 Å². The van der Waals surface area contributed by atoms with Gasteiger partial charge in [-0.15, -0.1) is 11.3 Å². The first-order valence-corrected chi connectivity index (χ1v) is 9.54. The molecule has 0 aliphatic heterocycles. The van der Waals surface area contributed by atoms with E-state index in [4.69, 9.17) is 16.3 Å². The van der Waals surface area contributed by atoms with E-state index >= 15 is 0 Å². The first-order chi connectivity index (χ1) is 10.2. The molecule has 1 saturated carbocycles. The highest BCUT2D eigenvalue weighted by Gasteiger charge is 2.41. The molecule has 1 unspecified atom stereocenters. The third kappa shape index (κ3) is 4.44. The summed E-state index contributed by atoms with van der Waals surface area (Å²) in [4.78, 5) is 1.32. The lowest BCUT2D eigenvalue weighted by Crippen LogP contribution is -2.46. The Morgan fingerprint density at radius 2 is 1.95 bits per heavy atom. The Morgan fingerprint density at radius 1 is 1.24 bits per heavy atom. The molecule has 0 bridgehead atoms. The third-order valence-corrected chi connectivity index (χ3v) is 5.68. The zero-order valence-electron chi connectivity index (χ0n) is 13.3. The van der Waals surface area contributed by atoms with Crippen molar-refractivity contribution in [3.63, 3.8) is 0 Å². The van der Waals surface area contributed by atoms with E-state index in [0.29, 0.717) is 0 Å². The summed E-state index contributed by atoms with van der Waals surface area (Å²) >= 11 is 7.88. The molecule has 120 valence electrons. The Kier molecular flexibility index (Phi) is 7.00. The minimum Gasteiger partial charge on any atom is -0.373 e. The van der Waals surface area contributed by atoms with E-state index in [1.165, 1.54) is 30.6 Å². The summed E-state index contributed by atoms with van der Waals surface area (Å²) in [7, 11) is 0. The van der Waals surface area contributed by atoms with Crippen molar-refractivity contribution in [1.29, 1.82) is 0 Å². The van der Waals surface area contributed by atoms with Gasteiger partial charge in [0.25, 0.3) is 0 Å². The molecule has 0 saturated heterocycles. The number of nitrogens with one attached hydrogen (secondary N) is 1. The molecular weight excluding hydrogens is 302 g/mol. The molecule has 2 rings (SSSR count). The maximum Gasteiger partial charge on any atom is 0.0931 e. The molecular formula is C17H28ClNOS. The molecule has 0 aromatic carbocycles. The van der Waals surface area contributed by atoms with E-state index in [0.717, 1.165) is 36.8 Å². The van der Waals surface area contributed by atoms with Crippen molar-refractivity contribution in [2.75, 3.05) is 13.2 Å². The summed E-state index contributed by atoms with van der Waals surface area (Å²) in [5.74, 6) is 0. The van der Waals surface area contributed by atoms with Gasteiger partial charge in [0.05, 0.1) is 16.0 Å². The molecule has 2 nitrogen and oxygen atoms in total. The molecule has 1 atom stereocenters. The van der Waals surface area contributed by atoms with Crippen LogP contribution in [0.25, 0.3) is 0 Å². The van der Waals surface area contributed by atoms with Crippen LogP contribution in [0.1, 0.15) is 69.7 Å². The highest BCUT2D eigenvalue weighted by Crippen LogP contribution is 2.43. The van der Waals surface area contributed by atoms with Crippen LogP contribution in [-0.4, -0.2) is 18.8 Å². The summed E-state index contributed by atoms with van der Waals surface area (Å²) in [5, 5.41) is 3.75. The maximum absolute atomic E-state index is 6.37. The Bertz CT molecular complexity index is 413. The quantitative estimate of drug-likeness (QED) is 0.660. The molecule has 0 radical (unpaired) electrons. The lowest BCUT2D eigenvalue weighted by atomic mass is 9.85. The van der Waals surface area contributed by atoms with Gasteiger partial charge in [0.15, 0.2) is 0 Å². The highest BCUT2D eigenvalue weighted by molar-refractivity contribution is 7.16. The van der Waals surface area contributed by atoms with Crippen LogP contribution < -0.4 is 5.32 Å². The van der Waals surface area contributed by atoms with Gasteiger partial charge in [0.2, 0.25) is 0 Å². The predicted molar refractivity (Wildman–Crippen MR) is 92.4 cm³/mol. The van der Waals surface area contributed by atoms with Crippen molar-refractivity contribution in [1.82, 2.24) is 5.32 Å². The van der Waals surface area contributed by atoms with Crippen LogP contribution in [0, 0.1) is 0 Å². The zero-order chi connectivity index (χ0) is 15.1. The number of ether oxygens (including phenoxy) is 1. The Hall–Kier alpha value is -0.0900. The van der Waals surface area contributed by atoms with Gasteiger partial charge in [0, 0.05) is 11.5 Å². The van der Waals surface area contributed by atoms with E-state index in [1.807, 2.05) is 6.07 Å². The van der Waals surface area contributed by atoms with Gasteiger partial charge in [-0.05, 0) is 44.9 Å². The topological polar surface area (TPSA) is 21.3 Å². The molecule has 1 fully saturated rings. The van der Waals surface area contributed by atoms with Crippen molar-refractivity contribution < 1.29 is 4.74 Å². The highest BCUT2D eigenvalue weighted by atomic mass is 35.5. The SMILES string of the molecule is CCCNC(c1ccc(Cl)s1)C1(OCC)CCCCCC1. The fourth-order valence-corrected chi connectivity index (χ4v) is 4.69. The van der Waals surface area contributed by atoms with Crippen molar-refractivity contribution >= 4 is 22.9 Å². The minimum atomic E-state index is -0.0609. The standard InChI is InChI=1S/C17H28ClNOS/c1-3-13-19-16(14-9-10-15(18)21-14)17(20-4-2)11-7-5-6-8-12-17/h9-10,16,19H,3-8,11-13H2,1-2H3. The summed E-state index contributed by atoms with van der Waals surface area (Å²) < 4.78 is 7.24. The van der Waals surface area contributed by atoms with Crippen molar-refractivity contribution in [3.8, 4) is 0 Å². The van der Waals surface area contributed by atoms with Crippen LogP contribution in [0.15, 0.2) is 12.1 Å². The van der Waals surface area contributed by atoms with Crippen molar-refractivity contribution in [3.05, 3.63) is 21.3 Å². The maximum atomic E-state index is 6.37. The van der Waals surface area contributed by atoms with Crippen LogP contribution in [0.4, 0.5) is 0 Å². The van der Waals surface area contributed by atoms with E-state index in [2.05, 4.69) is 25.2 Å². The monoisotopic (exact) mass is 329 g/mol. The average Bonchev–Trinajstić information content (AvgIpc) is 2.75. The first kappa shape index (κ1) is 17.3. The molecule has 1 aliphatic rings. The lowest BCUT2D eigenvalue weighted by Gasteiger charge is -2.40. The van der Waals surface area contributed by atoms with Crippen LogP contribution in [0.5, 0.6) is 0 Å². The molecule has 0 spiro atoms. The largest absolute Gasteiger partial charge is 0.373 e. The van der Waals surface area contributed by atoms with Crippen LogP contribution in [-0.2, 0) is 4.74 Å². The second-order valence-corrected chi connectivity index (χ2v) is 7.69. The smallest absolute Gasteiger partial charge is 0.0931 e. The summed E-state index contributed by atoms with van der Waals surface area (Å²) in [5.41, 5.74) is -0.0609. The fraction of sp³-hybridized carbons (Fsp3) is 0.765. The molecule has 1 aromatic heterocycles. The summed E-state index contributed by atoms with van der Waals surface area (Å²) in [6.45, 7) is 6.13. The van der Waals surface area contributed by atoms with Gasteiger partial charge in [-0.25, -0.2) is 0 Å². The molecule has 1 heterocycles. The number of halogens is 1. The molecule has 0 amide bonds. The van der Waals surface area contributed by atoms with Gasteiger partial charge >= 0.3 is 0 Å². The number of rotatable bonds is 7. The lowest BCUT2D eigenvalue weighted by molar-refractivity contribution is -0.0773. The van der Waals surface area contributed by atoms with E-state index < -0.39 is 0 Å². The fourth-order valence-electron chi connectivity index (χ4n) is 3.45. The van der Waals surface area contributed by atoms with Crippen LogP contribution >= 0.6 is 22.9 Å². The molecule has 21 heavy (non-hydrogen) atoms. The summed E-state index contributed by atoms with van der Waals surface area (Å²) in [6, 6.07) is 4.46. The van der Waals surface area contributed by atoms with Crippen LogP contribution in [0.2, 0.25) is 4.34 Å². The number of thiophene rings is 1. The number of hydrogen-bond acceptors (Lipinski definition) is 3. The van der Waals surface area contributed by atoms with Gasteiger partial charge in [-0.2, -0.15) is 0 Å². The molecule has 4 heteroatoms. The van der Waals surface area contributed by atoms with E-state index in [1.54, 1.807) is 11.3 Å². The second kappa shape index (κ2) is 8.52. The Morgan fingerprint density at radius 3 is 2.48 bits per heavy atom.